The number of esters is 2. The lowest BCUT2D eigenvalue weighted by Gasteiger charge is -2.19. The van der Waals surface area contributed by atoms with Crippen LogP contribution in [-0.4, -0.2) is 49.3 Å². The molecule has 0 saturated carbocycles. The summed E-state index contributed by atoms with van der Waals surface area (Å²) in [5.74, 6) is -0.799. The van der Waals surface area contributed by atoms with Gasteiger partial charge in [-0.05, 0) is 12.8 Å². The molecule has 0 heterocycles. The van der Waals surface area contributed by atoms with Crippen molar-refractivity contribution in [1.29, 1.82) is 0 Å². The lowest BCUT2D eigenvalue weighted by molar-refractivity contribution is -0.161. The van der Waals surface area contributed by atoms with Crippen molar-refractivity contribution in [3.8, 4) is 0 Å². The molecule has 9 nitrogen and oxygen atoms in total. The third-order valence-corrected chi connectivity index (χ3v) is 16.7. The van der Waals surface area contributed by atoms with Crippen molar-refractivity contribution < 1.29 is 37.6 Å². The minimum atomic E-state index is -4.38. The number of hydrogen-bond donors (Lipinski definition) is 2. The molecule has 0 bridgehead atoms. The highest BCUT2D eigenvalue weighted by atomic mass is 31.2. The van der Waals surface area contributed by atoms with E-state index in [1.807, 2.05) is 0 Å². The molecule has 10 heteroatoms. The first-order valence-corrected chi connectivity index (χ1v) is 35.5. The van der Waals surface area contributed by atoms with E-state index in [0.29, 0.717) is 12.8 Å². The van der Waals surface area contributed by atoms with Crippen LogP contribution in [0.15, 0.2) is 0 Å². The van der Waals surface area contributed by atoms with Gasteiger partial charge in [-0.1, -0.05) is 354 Å². The normalized spacial score (nSPS) is 12.8. The van der Waals surface area contributed by atoms with Crippen LogP contribution in [0, 0.1) is 0 Å². The zero-order valence-electron chi connectivity index (χ0n) is 51.0. The fraction of sp³-hybridized carbons (Fsp3) is 0.970. The van der Waals surface area contributed by atoms with E-state index in [1.54, 1.807) is 0 Å². The Morgan fingerprint density at radius 1 is 0.342 bits per heavy atom. The number of phosphoric ester groups is 1. The molecule has 0 amide bonds. The van der Waals surface area contributed by atoms with Crippen molar-refractivity contribution in [2.75, 3.05) is 26.4 Å². The largest absolute Gasteiger partial charge is 0.472 e. The Balaban J connectivity index is 3.78. The van der Waals surface area contributed by atoms with Gasteiger partial charge in [-0.3, -0.25) is 18.6 Å². The molecule has 454 valence electrons. The molecule has 0 aromatic rings. The van der Waals surface area contributed by atoms with E-state index in [2.05, 4.69) is 13.8 Å². The Morgan fingerprint density at radius 2 is 0.566 bits per heavy atom. The minimum Gasteiger partial charge on any atom is -0.462 e. The van der Waals surface area contributed by atoms with Gasteiger partial charge in [0.15, 0.2) is 6.10 Å². The van der Waals surface area contributed by atoms with Gasteiger partial charge in [-0.15, -0.1) is 0 Å². The van der Waals surface area contributed by atoms with Crippen LogP contribution in [0.4, 0.5) is 0 Å². The van der Waals surface area contributed by atoms with Crippen LogP contribution in [0.1, 0.15) is 380 Å². The molecule has 0 fully saturated rings. The minimum absolute atomic E-state index is 0.0588. The summed E-state index contributed by atoms with van der Waals surface area (Å²) in [6.07, 6.45) is 73.5. The Labute approximate surface area is 473 Å². The van der Waals surface area contributed by atoms with E-state index in [1.165, 1.54) is 315 Å². The topological polar surface area (TPSA) is 134 Å². The lowest BCUT2D eigenvalue weighted by atomic mass is 10.0. The maximum absolute atomic E-state index is 12.7. The molecular weight excluding hydrogens is 966 g/mol. The molecule has 0 aliphatic carbocycles. The molecule has 3 N–H and O–H groups in total. The van der Waals surface area contributed by atoms with Gasteiger partial charge in [0.25, 0.3) is 0 Å². The molecule has 0 aromatic carbocycles. The lowest BCUT2D eigenvalue weighted by Crippen LogP contribution is -2.29. The maximum Gasteiger partial charge on any atom is 0.472 e. The Hall–Kier alpha value is -0.990. The summed E-state index contributed by atoms with van der Waals surface area (Å²) in [6.45, 7) is 3.84. The fourth-order valence-corrected chi connectivity index (χ4v) is 11.5. The molecule has 0 aromatic heterocycles. The zero-order valence-corrected chi connectivity index (χ0v) is 51.9. The van der Waals surface area contributed by atoms with Gasteiger partial charge in [-0.25, -0.2) is 4.57 Å². The number of phosphoric acid groups is 1. The summed E-state index contributed by atoms with van der Waals surface area (Å²) in [4.78, 5) is 35.3. The first kappa shape index (κ1) is 75.0. The highest BCUT2D eigenvalue weighted by Gasteiger charge is 2.26. The Kier molecular flexibility index (Phi) is 62.4. The average Bonchev–Trinajstić information content (AvgIpc) is 3.41. The zero-order chi connectivity index (χ0) is 55.2. The van der Waals surface area contributed by atoms with Crippen molar-refractivity contribution in [1.82, 2.24) is 0 Å². The van der Waals surface area contributed by atoms with Gasteiger partial charge in [0.2, 0.25) is 0 Å². The van der Waals surface area contributed by atoms with Crippen molar-refractivity contribution in [3.63, 3.8) is 0 Å². The van der Waals surface area contributed by atoms with Gasteiger partial charge in [0, 0.05) is 19.4 Å². The first-order valence-electron chi connectivity index (χ1n) is 34.0. The predicted molar refractivity (Wildman–Crippen MR) is 326 cm³/mol. The molecule has 0 rings (SSSR count). The quantitative estimate of drug-likeness (QED) is 0.0347. The number of carbonyl (C=O) groups excluding carboxylic acids is 2. The Morgan fingerprint density at radius 3 is 0.803 bits per heavy atom. The maximum atomic E-state index is 12.7. The predicted octanol–water partition coefficient (Wildman–Crippen LogP) is 21.8. The number of nitrogens with two attached hydrogens (primary N) is 1. The van der Waals surface area contributed by atoms with E-state index >= 15 is 0 Å². The summed E-state index contributed by atoms with van der Waals surface area (Å²) < 4.78 is 33.1. The van der Waals surface area contributed by atoms with Crippen LogP contribution in [0.25, 0.3) is 0 Å². The fourth-order valence-electron chi connectivity index (χ4n) is 10.7. The smallest absolute Gasteiger partial charge is 0.462 e. The molecule has 0 aliphatic heterocycles. The van der Waals surface area contributed by atoms with Gasteiger partial charge in [0.1, 0.15) is 6.61 Å². The number of hydrogen-bond acceptors (Lipinski definition) is 8. The summed E-state index contributed by atoms with van der Waals surface area (Å²) in [5, 5.41) is 0. The monoisotopic (exact) mass is 1100 g/mol. The van der Waals surface area contributed by atoms with Gasteiger partial charge >= 0.3 is 19.8 Å². The molecule has 0 radical (unpaired) electrons. The summed E-state index contributed by atoms with van der Waals surface area (Å²) in [5.41, 5.74) is 5.40. The molecule has 0 saturated heterocycles. The molecule has 0 aliphatic rings. The Bertz CT molecular complexity index is 1210. The third kappa shape index (κ3) is 62.2. The molecular formula is C66H132NO8P. The summed E-state index contributed by atoms with van der Waals surface area (Å²) in [6, 6.07) is 0. The van der Waals surface area contributed by atoms with Crippen molar-refractivity contribution in [2.45, 2.75) is 386 Å². The molecule has 2 unspecified atom stereocenters. The van der Waals surface area contributed by atoms with E-state index in [0.717, 1.165) is 32.1 Å². The van der Waals surface area contributed by atoms with E-state index in [9.17, 15) is 19.0 Å². The van der Waals surface area contributed by atoms with Crippen molar-refractivity contribution in [2.24, 2.45) is 5.73 Å². The second-order valence-corrected chi connectivity index (χ2v) is 24.9. The molecule has 2 atom stereocenters. The van der Waals surface area contributed by atoms with E-state index in [4.69, 9.17) is 24.3 Å². The van der Waals surface area contributed by atoms with E-state index < -0.39 is 26.5 Å². The van der Waals surface area contributed by atoms with Crippen LogP contribution in [-0.2, 0) is 32.7 Å². The number of ether oxygens (including phenoxy) is 2. The highest BCUT2D eigenvalue weighted by molar-refractivity contribution is 7.47. The third-order valence-electron chi connectivity index (χ3n) is 15.7. The molecule has 0 spiro atoms. The van der Waals surface area contributed by atoms with Crippen LogP contribution in [0.5, 0.6) is 0 Å². The second kappa shape index (κ2) is 63.2. The van der Waals surface area contributed by atoms with E-state index in [-0.39, 0.29) is 32.1 Å². The standard InChI is InChI=1S/C66H132NO8P/c1-3-5-7-9-11-13-15-17-19-21-23-25-26-27-28-29-30-31-32-33-34-35-36-37-39-41-43-45-47-49-51-53-55-57-59-66(69)75-64(63-74-76(70,71)73-61-60-67)62-72-65(68)58-56-54-52-50-48-46-44-42-40-38-24-22-20-18-16-14-12-10-8-6-4-2/h64H,3-63,67H2,1-2H3,(H,70,71). The summed E-state index contributed by atoms with van der Waals surface area (Å²) in [7, 11) is -4.38. The van der Waals surface area contributed by atoms with Crippen LogP contribution in [0.2, 0.25) is 0 Å². The number of unbranched alkanes of at least 4 members (excludes halogenated alkanes) is 53. The van der Waals surface area contributed by atoms with Crippen LogP contribution >= 0.6 is 7.82 Å². The average molecular weight is 1100 g/mol. The second-order valence-electron chi connectivity index (χ2n) is 23.4. The van der Waals surface area contributed by atoms with Crippen LogP contribution in [0.3, 0.4) is 0 Å². The number of rotatable bonds is 66. The van der Waals surface area contributed by atoms with Crippen molar-refractivity contribution in [3.05, 3.63) is 0 Å². The van der Waals surface area contributed by atoms with Crippen molar-refractivity contribution >= 4 is 19.8 Å². The summed E-state index contributed by atoms with van der Waals surface area (Å²) >= 11 is 0. The SMILES string of the molecule is CCCCCCCCCCCCCCCCCCCCCCCCCCCCCCCCCCCCC(=O)OC(COC(=O)CCCCCCCCCCCCCCCCCCCCCCC)COP(=O)(O)OCCN. The molecule has 76 heavy (non-hydrogen) atoms. The van der Waals surface area contributed by atoms with Gasteiger partial charge in [0.05, 0.1) is 13.2 Å². The first-order chi connectivity index (χ1) is 37.3. The number of carbonyl (C=O) groups is 2. The van der Waals surface area contributed by atoms with Gasteiger partial charge in [-0.2, -0.15) is 0 Å². The van der Waals surface area contributed by atoms with Crippen LogP contribution < -0.4 is 5.73 Å². The van der Waals surface area contributed by atoms with Gasteiger partial charge < -0.3 is 20.1 Å². The highest BCUT2D eigenvalue weighted by Crippen LogP contribution is 2.43.